The number of hydrogen-bond acceptors (Lipinski definition) is 4. The average molecular weight is 243 g/mol. The molecule has 98 valence electrons. The van der Waals surface area contributed by atoms with E-state index in [0.717, 1.165) is 0 Å². The van der Waals surface area contributed by atoms with E-state index in [1.165, 1.54) is 7.11 Å². The summed E-state index contributed by atoms with van der Waals surface area (Å²) >= 11 is 0. The zero-order valence-electron chi connectivity index (χ0n) is 10.9. The predicted octanol–water partition coefficient (Wildman–Crippen LogP) is 2.02. The van der Waals surface area contributed by atoms with Crippen LogP contribution >= 0.6 is 0 Å². The second-order valence-corrected chi connectivity index (χ2v) is 4.65. The number of hydrogen-bond donors (Lipinski definition) is 1. The summed E-state index contributed by atoms with van der Waals surface area (Å²) in [6.45, 7) is 8.89. The molecule has 0 aromatic rings. The maximum atomic E-state index is 11.5. The normalized spacial score (nSPS) is 12.5. The number of esters is 1. The number of carbonyl (C=O) groups is 2. The van der Waals surface area contributed by atoms with Crippen LogP contribution in [0.4, 0.5) is 4.79 Å². The van der Waals surface area contributed by atoms with Crippen LogP contribution in [0.1, 0.15) is 33.6 Å². The number of alkyl carbamates (subject to hydrolysis) is 1. The second kappa shape index (κ2) is 6.93. The van der Waals surface area contributed by atoms with Crippen molar-refractivity contribution in [1.29, 1.82) is 0 Å². The van der Waals surface area contributed by atoms with Gasteiger partial charge in [0.15, 0.2) is 0 Å². The molecule has 0 fully saturated rings. The highest BCUT2D eigenvalue weighted by atomic mass is 16.6. The van der Waals surface area contributed by atoms with Gasteiger partial charge >= 0.3 is 12.1 Å². The summed E-state index contributed by atoms with van der Waals surface area (Å²) in [7, 11) is 1.31. The van der Waals surface area contributed by atoms with Gasteiger partial charge in [0.05, 0.1) is 13.5 Å². The highest BCUT2D eigenvalue weighted by molar-refractivity contribution is 5.72. The van der Waals surface area contributed by atoms with E-state index in [1.54, 1.807) is 26.8 Å². The van der Waals surface area contributed by atoms with E-state index in [9.17, 15) is 9.59 Å². The fourth-order valence-electron chi connectivity index (χ4n) is 1.15. The molecule has 1 atom stereocenters. The van der Waals surface area contributed by atoms with Crippen molar-refractivity contribution in [2.24, 2.45) is 0 Å². The SMILES string of the molecule is C=CCC(CC(=O)OC)NC(=O)OC(C)(C)C. The van der Waals surface area contributed by atoms with Gasteiger partial charge in [0, 0.05) is 6.04 Å². The van der Waals surface area contributed by atoms with Crippen LogP contribution in [-0.2, 0) is 14.3 Å². The Morgan fingerprint density at radius 3 is 2.41 bits per heavy atom. The smallest absolute Gasteiger partial charge is 0.407 e. The van der Waals surface area contributed by atoms with Crippen LogP contribution in [0.15, 0.2) is 12.7 Å². The van der Waals surface area contributed by atoms with Crippen LogP contribution in [0, 0.1) is 0 Å². The molecule has 0 saturated heterocycles. The summed E-state index contributed by atoms with van der Waals surface area (Å²) in [5.41, 5.74) is -0.561. The molecule has 0 rings (SSSR count). The first-order chi connectivity index (χ1) is 7.78. The van der Waals surface area contributed by atoms with E-state index in [1.807, 2.05) is 0 Å². The summed E-state index contributed by atoms with van der Waals surface area (Å²) in [6.07, 6.45) is 1.66. The molecule has 5 heteroatoms. The molecule has 0 aliphatic rings. The van der Waals surface area contributed by atoms with E-state index in [0.29, 0.717) is 6.42 Å². The third-order valence-corrected chi connectivity index (χ3v) is 1.81. The van der Waals surface area contributed by atoms with E-state index in [4.69, 9.17) is 4.74 Å². The molecule has 5 nitrogen and oxygen atoms in total. The van der Waals surface area contributed by atoms with Gasteiger partial charge in [-0.2, -0.15) is 0 Å². The number of nitrogens with one attached hydrogen (secondary N) is 1. The molecular weight excluding hydrogens is 222 g/mol. The largest absolute Gasteiger partial charge is 0.469 e. The van der Waals surface area contributed by atoms with Crippen LogP contribution in [0.3, 0.4) is 0 Å². The zero-order valence-corrected chi connectivity index (χ0v) is 10.9. The van der Waals surface area contributed by atoms with Crippen molar-refractivity contribution in [2.75, 3.05) is 7.11 Å². The summed E-state index contributed by atoms with van der Waals surface area (Å²) in [4.78, 5) is 22.6. The third-order valence-electron chi connectivity index (χ3n) is 1.81. The molecule has 0 aromatic heterocycles. The van der Waals surface area contributed by atoms with Crippen molar-refractivity contribution in [3.8, 4) is 0 Å². The molecule has 0 heterocycles. The molecular formula is C12H21NO4. The van der Waals surface area contributed by atoms with Gasteiger partial charge in [-0.25, -0.2) is 4.79 Å². The van der Waals surface area contributed by atoms with Gasteiger partial charge in [0.1, 0.15) is 5.60 Å². The van der Waals surface area contributed by atoms with Gasteiger partial charge in [-0.1, -0.05) is 6.08 Å². The second-order valence-electron chi connectivity index (χ2n) is 4.65. The minimum absolute atomic E-state index is 0.0990. The molecule has 0 saturated carbocycles. The molecule has 1 unspecified atom stereocenters. The number of amides is 1. The molecule has 0 radical (unpaired) electrons. The predicted molar refractivity (Wildman–Crippen MR) is 64.6 cm³/mol. The van der Waals surface area contributed by atoms with Gasteiger partial charge < -0.3 is 14.8 Å². The number of ether oxygens (including phenoxy) is 2. The van der Waals surface area contributed by atoms with Gasteiger partial charge in [-0.3, -0.25) is 4.79 Å². The lowest BCUT2D eigenvalue weighted by Gasteiger charge is -2.22. The van der Waals surface area contributed by atoms with Crippen molar-refractivity contribution in [3.05, 3.63) is 12.7 Å². The lowest BCUT2D eigenvalue weighted by molar-refractivity contribution is -0.141. The Hall–Kier alpha value is -1.52. The highest BCUT2D eigenvalue weighted by Crippen LogP contribution is 2.08. The fourth-order valence-corrected chi connectivity index (χ4v) is 1.15. The highest BCUT2D eigenvalue weighted by Gasteiger charge is 2.20. The first-order valence-electron chi connectivity index (χ1n) is 5.45. The van der Waals surface area contributed by atoms with Crippen molar-refractivity contribution in [2.45, 2.75) is 45.3 Å². The maximum absolute atomic E-state index is 11.5. The topological polar surface area (TPSA) is 64.6 Å². The van der Waals surface area contributed by atoms with Crippen LogP contribution in [0.25, 0.3) is 0 Å². The van der Waals surface area contributed by atoms with Crippen molar-refractivity contribution in [3.63, 3.8) is 0 Å². The molecule has 0 spiro atoms. The Bertz CT molecular complexity index is 281. The monoisotopic (exact) mass is 243 g/mol. The Morgan fingerprint density at radius 2 is 2.00 bits per heavy atom. The van der Waals surface area contributed by atoms with Crippen molar-refractivity contribution in [1.82, 2.24) is 5.32 Å². The van der Waals surface area contributed by atoms with Crippen molar-refractivity contribution < 1.29 is 19.1 Å². The zero-order chi connectivity index (χ0) is 13.5. The summed E-state index contributed by atoms with van der Waals surface area (Å²) < 4.78 is 9.64. The lowest BCUT2D eigenvalue weighted by atomic mass is 10.1. The minimum Gasteiger partial charge on any atom is -0.469 e. The Labute approximate surface area is 102 Å². The lowest BCUT2D eigenvalue weighted by Crippen LogP contribution is -2.40. The third kappa shape index (κ3) is 8.30. The quantitative estimate of drug-likeness (QED) is 0.592. The van der Waals surface area contributed by atoms with E-state index in [-0.39, 0.29) is 18.4 Å². The summed E-state index contributed by atoms with van der Waals surface area (Å²) in [5, 5.41) is 2.61. The Kier molecular flexibility index (Phi) is 6.31. The first kappa shape index (κ1) is 15.5. The average Bonchev–Trinajstić information content (AvgIpc) is 2.14. The molecule has 17 heavy (non-hydrogen) atoms. The van der Waals surface area contributed by atoms with E-state index in [2.05, 4.69) is 16.6 Å². The first-order valence-corrected chi connectivity index (χ1v) is 5.45. The van der Waals surface area contributed by atoms with Gasteiger partial charge in [-0.15, -0.1) is 6.58 Å². The van der Waals surface area contributed by atoms with Crippen molar-refractivity contribution >= 4 is 12.1 Å². The van der Waals surface area contributed by atoms with Gasteiger partial charge in [-0.05, 0) is 27.2 Å². The fraction of sp³-hybridized carbons (Fsp3) is 0.667. The minimum atomic E-state index is -0.561. The molecule has 1 N–H and O–H groups in total. The standard InChI is InChI=1S/C12H21NO4/c1-6-7-9(8-10(14)16-5)13-11(15)17-12(2,3)4/h6,9H,1,7-8H2,2-5H3,(H,13,15). The number of rotatable bonds is 5. The molecule has 0 aromatic carbocycles. The maximum Gasteiger partial charge on any atom is 0.407 e. The molecule has 0 aliphatic carbocycles. The van der Waals surface area contributed by atoms with Crippen LogP contribution in [-0.4, -0.2) is 30.8 Å². The molecule has 1 amide bonds. The van der Waals surface area contributed by atoms with Crippen LogP contribution in [0.5, 0.6) is 0 Å². The summed E-state index contributed by atoms with van der Waals surface area (Å²) in [6, 6.07) is -0.352. The van der Waals surface area contributed by atoms with Crippen LogP contribution in [0.2, 0.25) is 0 Å². The van der Waals surface area contributed by atoms with E-state index < -0.39 is 11.7 Å². The summed E-state index contributed by atoms with van der Waals surface area (Å²) in [5.74, 6) is -0.382. The van der Waals surface area contributed by atoms with E-state index >= 15 is 0 Å². The Balaban J connectivity index is 4.29. The number of carbonyl (C=O) groups excluding carboxylic acids is 2. The van der Waals surface area contributed by atoms with Crippen LogP contribution < -0.4 is 5.32 Å². The molecule has 0 bridgehead atoms. The van der Waals surface area contributed by atoms with Gasteiger partial charge in [0.2, 0.25) is 0 Å². The Morgan fingerprint density at radius 1 is 1.41 bits per heavy atom. The van der Waals surface area contributed by atoms with Gasteiger partial charge in [0.25, 0.3) is 0 Å². The molecule has 0 aliphatic heterocycles. The number of methoxy groups -OCH3 is 1.